The molecule has 0 bridgehead atoms. The van der Waals surface area contributed by atoms with Gasteiger partial charge in [-0.2, -0.15) is 0 Å². The second kappa shape index (κ2) is 7.18. The van der Waals surface area contributed by atoms with Crippen LogP contribution in [0.4, 0.5) is 5.69 Å². The Balaban J connectivity index is 2.22. The lowest BCUT2D eigenvalue weighted by molar-refractivity contribution is 1.06. The zero-order valence-corrected chi connectivity index (χ0v) is 16.0. The normalized spacial score (nSPS) is 13.0. The lowest BCUT2D eigenvalue weighted by Gasteiger charge is -2.16. The van der Waals surface area contributed by atoms with Crippen molar-refractivity contribution in [2.45, 2.75) is 39.7 Å². The molecule has 0 aliphatic carbocycles. The predicted octanol–water partition coefficient (Wildman–Crippen LogP) is 4.72. The van der Waals surface area contributed by atoms with Crippen molar-refractivity contribution in [1.29, 1.82) is 0 Å². The molecule has 3 N–H and O–H groups in total. The van der Waals surface area contributed by atoms with Crippen molar-refractivity contribution in [1.82, 2.24) is 0 Å². The van der Waals surface area contributed by atoms with Crippen LogP contribution in [0.2, 0.25) is 0 Å². The van der Waals surface area contributed by atoms with Crippen LogP contribution in [0.3, 0.4) is 0 Å². The summed E-state index contributed by atoms with van der Waals surface area (Å²) in [4.78, 5) is 4.53. The van der Waals surface area contributed by atoms with E-state index in [-0.39, 0.29) is 5.08 Å². The fourth-order valence-electron chi connectivity index (χ4n) is 2.88. The highest BCUT2D eigenvalue weighted by atomic mass is 79.9. The summed E-state index contributed by atoms with van der Waals surface area (Å²) in [5.41, 5.74) is 14.2. The maximum atomic E-state index is 6.17. The third-order valence-corrected chi connectivity index (χ3v) is 4.14. The summed E-state index contributed by atoms with van der Waals surface area (Å²) in [5, 5.41) is 3.11. The van der Waals surface area contributed by atoms with E-state index in [0.717, 1.165) is 11.3 Å². The van der Waals surface area contributed by atoms with E-state index in [9.17, 15) is 0 Å². The van der Waals surface area contributed by atoms with E-state index in [1.807, 2.05) is 12.1 Å². The summed E-state index contributed by atoms with van der Waals surface area (Å²) >= 11 is 3.56. The average Bonchev–Trinajstić information content (AvgIpc) is 2.41. The van der Waals surface area contributed by atoms with Gasteiger partial charge in [0.2, 0.25) is 0 Å². The molecule has 1 atom stereocenters. The van der Waals surface area contributed by atoms with Crippen molar-refractivity contribution >= 4 is 27.5 Å². The van der Waals surface area contributed by atoms with E-state index in [1.54, 1.807) is 0 Å². The molecule has 0 amide bonds. The second-order valence-electron chi connectivity index (χ2n) is 6.14. The van der Waals surface area contributed by atoms with Crippen molar-refractivity contribution in [3.05, 3.63) is 63.7 Å². The summed E-state index contributed by atoms with van der Waals surface area (Å²) < 4.78 is 0. The van der Waals surface area contributed by atoms with Crippen molar-refractivity contribution < 1.29 is 0 Å². The zero-order chi connectivity index (χ0) is 17.1. The van der Waals surface area contributed by atoms with E-state index < -0.39 is 0 Å². The number of hydrogen-bond acceptors (Lipinski definition) is 2. The van der Waals surface area contributed by atoms with Crippen LogP contribution in [0.25, 0.3) is 0 Å². The lowest BCUT2D eigenvalue weighted by atomic mass is 10.1. The first-order chi connectivity index (χ1) is 10.8. The molecule has 0 heterocycles. The number of nitrogens with zero attached hydrogens (tertiary/aromatic N) is 1. The number of alkyl halides is 1. The highest BCUT2D eigenvalue weighted by Crippen LogP contribution is 2.24. The number of rotatable bonds is 4. The Bertz CT molecular complexity index is 707. The average molecular weight is 374 g/mol. The number of hydrogen-bond donors (Lipinski definition) is 2. The van der Waals surface area contributed by atoms with E-state index in [4.69, 9.17) is 5.73 Å². The zero-order valence-electron chi connectivity index (χ0n) is 14.4. The monoisotopic (exact) mass is 373 g/mol. The molecule has 0 fully saturated rings. The first-order valence-electron chi connectivity index (χ1n) is 7.66. The van der Waals surface area contributed by atoms with Crippen molar-refractivity contribution in [2.75, 3.05) is 5.32 Å². The van der Waals surface area contributed by atoms with Crippen LogP contribution in [0.1, 0.15) is 33.4 Å². The van der Waals surface area contributed by atoms with Gasteiger partial charge in [-0.05, 0) is 73.8 Å². The molecule has 23 heavy (non-hydrogen) atoms. The molecule has 4 heteroatoms. The first-order valence-corrected chi connectivity index (χ1v) is 8.58. The molecule has 0 aliphatic heterocycles. The summed E-state index contributed by atoms with van der Waals surface area (Å²) in [6.07, 6.45) is 0. The van der Waals surface area contributed by atoms with Gasteiger partial charge in [-0.1, -0.05) is 34.9 Å². The van der Waals surface area contributed by atoms with Gasteiger partial charge in [0.25, 0.3) is 0 Å². The minimum Gasteiger partial charge on any atom is -0.383 e. The van der Waals surface area contributed by atoms with Gasteiger partial charge in [0, 0.05) is 11.3 Å². The molecule has 3 nitrogen and oxygen atoms in total. The first kappa shape index (κ1) is 17.5. The fourth-order valence-corrected chi connectivity index (χ4v) is 3.33. The fraction of sp³-hybridized carbons (Fsp3) is 0.316. The number of halogens is 1. The number of nitrogens with one attached hydrogen (secondary N) is 1. The molecule has 0 saturated carbocycles. The minimum atomic E-state index is -0.275. The Morgan fingerprint density at radius 3 is 1.91 bits per heavy atom. The molecule has 0 aliphatic rings. The van der Waals surface area contributed by atoms with Gasteiger partial charge in [0.1, 0.15) is 5.84 Å². The molecule has 0 saturated heterocycles. The molecule has 0 spiro atoms. The van der Waals surface area contributed by atoms with Crippen LogP contribution in [-0.4, -0.2) is 10.9 Å². The number of nitrogens with two attached hydrogens (primary N) is 1. The molecule has 0 radical (unpaired) electrons. The number of benzene rings is 2. The highest BCUT2D eigenvalue weighted by molar-refractivity contribution is 9.09. The van der Waals surface area contributed by atoms with Crippen LogP contribution >= 0.6 is 15.9 Å². The van der Waals surface area contributed by atoms with Crippen LogP contribution in [0.15, 0.2) is 35.3 Å². The quantitative estimate of drug-likeness (QED) is 0.352. The number of amidine groups is 1. The van der Waals surface area contributed by atoms with Gasteiger partial charge in [-0.25, -0.2) is 4.99 Å². The number of aryl methyl sites for hydroxylation is 5. The minimum absolute atomic E-state index is 0.275. The van der Waals surface area contributed by atoms with Crippen molar-refractivity contribution in [3.63, 3.8) is 0 Å². The molecule has 2 aromatic carbocycles. The predicted molar refractivity (Wildman–Crippen MR) is 104 cm³/mol. The van der Waals surface area contributed by atoms with Crippen LogP contribution in [0.5, 0.6) is 0 Å². The Morgan fingerprint density at radius 1 is 0.913 bits per heavy atom. The SMILES string of the molecule is Cc1cc(C)cc(C(N)=NC(Br)Nc2c(C)cc(C)cc2C)c1. The van der Waals surface area contributed by atoms with E-state index in [1.165, 1.54) is 27.8 Å². The molecule has 122 valence electrons. The summed E-state index contributed by atoms with van der Waals surface area (Å²) in [6, 6.07) is 10.5. The number of aliphatic imine (C=N–C) groups is 1. The molecular formula is C19H24BrN3. The van der Waals surface area contributed by atoms with Crippen molar-refractivity contribution in [2.24, 2.45) is 10.7 Å². The van der Waals surface area contributed by atoms with Gasteiger partial charge < -0.3 is 11.1 Å². The lowest BCUT2D eigenvalue weighted by Crippen LogP contribution is -2.20. The van der Waals surface area contributed by atoms with Crippen LogP contribution in [0, 0.1) is 34.6 Å². The topological polar surface area (TPSA) is 50.4 Å². The van der Waals surface area contributed by atoms with Gasteiger partial charge in [0.05, 0.1) is 0 Å². The smallest absolute Gasteiger partial charge is 0.177 e. The Morgan fingerprint density at radius 2 is 1.39 bits per heavy atom. The van der Waals surface area contributed by atoms with Crippen molar-refractivity contribution in [3.8, 4) is 0 Å². The van der Waals surface area contributed by atoms with E-state index in [0.29, 0.717) is 5.84 Å². The maximum Gasteiger partial charge on any atom is 0.177 e. The molecular weight excluding hydrogens is 350 g/mol. The molecule has 2 aromatic rings. The van der Waals surface area contributed by atoms with Gasteiger partial charge >= 0.3 is 0 Å². The van der Waals surface area contributed by atoms with Crippen LogP contribution < -0.4 is 11.1 Å². The number of anilines is 1. The van der Waals surface area contributed by atoms with Gasteiger partial charge in [-0.15, -0.1) is 0 Å². The third-order valence-electron chi connectivity index (χ3n) is 3.71. The molecule has 1 unspecified atom stereocenters. The third kappa shape index (κ3) is 4.58. The van der Waals surface area contributed by atoms with Gasteiger partial charge in [-0.3, -0.25) is 0 Å². The second-order valence-corrected chi connectivity index (χ2v) is 7.01. The summed E-state index contributed by atoms with van der Waals surface area (Å²) in [7, 11) is 0. The van der Waals surface area contributed by atoms with Gasteiger partial charge in [0.15, 0.2) is 5.08 Å². The van der Waals surface area contributed by atoms with E-state index >= 15 is 0 Å². The standard InChI is InChI=1S/C19H24BrN3/c1-11-6-12(2)10-16(9-11)18(21)23-19(20)22-17-14(4)7-13(3)8-15(17)5/h6-10,19,22H,1-5H3,(H2,21,23). The highest BCUT2D eigenvalue weighted by Gasteiger charge is 2.09. The maximum absolute atomic E-state index is 6.17. The molecule has 2 rings (SSSR count). The van der Waals surface area contributed by atoms with E-state index in [2.05, 4.69) is 79.1 Å². The Labute approximate surface area is 147 Å². The summed E-state index contributed by atoms with van der Waals surface area (Å²) in [5.74, 6) is 0.522. The Hall–Kier alpha value is -1.81. The Kier molecular flexibility index (Phi) is 5.47. The summed E-state index contributed by atoms with van der Waals surface area (Å²) in [6.45, 7) is 10.4. The molecule has 0 aromatic heterocycles. The largest absolute Gasteiger partial charge is 0.383 e. The van der Waals surface area contributed by atoms with Crippen LogP contribution in [-0.2, 0) is 0 Å².